The second-order valence-corrected chi connectivity index (χ2v) is 5.92. The maximum absolute atomic E-state index is 11.9. The maximum atomic E-state index is 11.9. The topological polar surface area (TPSA) is 55.1 Å². The largest absolute Gasteiger partial charge is 0.351 e. The van der Waals surface area contributed by atoms with Gasteiger partial charge in [0.25, 0.3) is 0 Å². The minimum atomic E-state index is -0.212. The van der Waals surface area contributed by atoms with E-state index >= 15 is 0 Å². The van der Waals surface area contributed by atoms with Gasteiger partial charge in [0.15, 0.2) is 0 Å². The van der Waals surface area contributed by atoms with E-state index in [1.54, 1.807) is 0 Å². The summed E-state index contributed by atoms with van der Waals surface area (Å²) in [5.41, 5.74) is 6.58. The molecular weight excluding hydrogens is 248 g/mol. The molecule has 1 atom stereocenters. The zero-order chi connectivity index (χ0) is 13.8. The molecule has 0 radical (unpaired) electrons. The molecule has 0 aromatic heterocycles. The maximum Gasteiger partial charge on any atom is 0.221 e. The van der Waals surface area contributed by atoms with E-state index < -0.39 is 0 Å². The van der Waals surface area contributed by atoms with Crippen LogP contribution < -0.4 is 11.1 Å². The lowest BCUT2D eigenvalue weighted by Crippen LogP contribution is -2.41. The van der Waals surface area contributed by atoms with Gasteiger partial charge in [0.2, 0.25) is 5.91 Å². The lowest BCUT2D eigenvalue weighted by Gasteiger charge is -2.22. The number of hydrogen-bond acceptors (Lipinski definition) is 2. The van der Waals surface area contributed by atoms with Gasteiger partial charge in [0, 0.05) is 22.9 Å². The summed E-state index contributed by atoms with van der Waals surface area (Å²) in [6, 6.07) is 7.48. The number of benzene rings is 1. The van der Waals surface area contributed by atoms with E-state index in [0.29, 0.717) is 18.0 Å². The summed E-state index contributed by atoms with van der Waals surface area (Å²) < 4.78 is 0. The van der Waals surface area contributed by atoms with Gasteiger partial charge in [0.1, 0.15) is 0 Å². The van der Waals surface area contributed by atoms with Gasteiger partial charge in [-0.3, -0.25) is 4.79 Å². The van der Waals surface area contributed by atoms with Crippen molar-refractivity contribution in [1.29, 1.82) is 0 Å². The van der Waals surface area contributed by atoms with Crippen molar-refractivity contribution in [2.45, 2.75) is 38.6 Å². The van der Waals surface area contributed by atoms with Gasteiger partial charge in [-0.2, -0.15) is 0 Å². The number of carbonyl (C=O) groups excluding carboxylic acids is 1. The molecule has 1 aromatic carbocycles. The van der Waals surface area contributed by atoms with Crippen LogP contribution in [0.3, 0.4) is 0 Å². The third-order valence-electron chi connectivity index (χ3n) is 2.57. The monoisotopic (exact) mass is 268 g/mol. The van der Waals surface area contributed by atoms with Crippen molar-refractivity contribution in [3.05, 3.63) is 34.9 Å². The first kappa shape index (κ1) is 15.0. The van der Waals surface area contributed by atoms with Gasteiger partial charge in [-0.1, -0.05) is 23.7 Å². The molecule has 0 aliphatic heterocycles. The van der Waals surface area contributed by atoms with Crippen molar-refractivity contribution in [3.8, 4) is 0 Å². The SMILES string of the molecule is CC(C)(C)NC(=O)CC(CN)c1ccc(Cl)cc1. The van der Waals surface area contributed by atoms with Crippen molar-refractivity contribution in [2.75, 3.05) is 6.54 Å². The van der Waals surface area contributed by atoms with Crippen molar-refractivity contribution in [2.24, 2.45) is 5.73 Å². The summed E-state index contributed by atoms with van der Waals surface area (Å²) >= 11 is 5.84. The molecule has 0 saturated carbocycles. The summed E-state index contributed by atoms with van der Waals surface area (Å²) in [6.07, 6.45) is 0.398. The predicted molar refractivity (Wildman–Crippen MR) is 75.8 cm³/mol. The molecule has 0 fully saturated rings. The summed E-state index contributed by atoms with van der Waals surface area (Å²) in [5, 5.41) is 3.63. The molecule has 1 amide bonds. The zero-order valence-corrected chi connectivity index (χ0v) is 11.9. The van der Waals surface area contributed by atoms with E-state index in [4.69, 9.17) is 17.3 Å². The second kappa shape index (κ2) is 6.21. The van der Waals surface area contributed by atoms with Crippen molar-refractivity contribution in [1.82, 2.24) is 5.32 Å². The lowest BCUT2D eigenvalue weighted by atomic mass is 9.95. The first-order chi connectivity index (χ1) is 8.31. The summed E-state index contributed by atoms with van der Waals surface area (Å²) in [5.74, 6) is 0.0533. The Hall–Kier alpha value is -1.06. The van der Waals surface area contributed by atoms with E-state index in [-0.39, 0.29) is 17.4 Å². The van der Waals surface area contributed by atoms with Crippen LogP contribution >= 0.6 is 11.6 Å². The van der Waals surface area contributed by atoms with Gasteiger partial charge >= 0.3 is 0 Å². The average molecular weight is 269 g/mol. The van der Waals surface area contributed by atoms with Crippen molar-refractivity contribution >= 4 is 17.5 Å². The molecule has 1 unspecified atom stereocenters. The van der Waals surface area contributed by atoms with Crippen LogP contribution in [0.2, 0.25) is 5.02 Å². The van der Waals surface area contributed by atoms with E-state index in [2.05, 4.69) is 5.32 Å². The number of amides is 1. The molecule has 1 rings (SSSR count). The Balaban J connectivity index is 2.68. The number of hydrogen-bond donors (Lipinski definition) is 2. The van der Waals surface area contributed by atoms with E-state index in [0.717, 1.165) is 5.56 Å². The van der Waals surface area contributed by atoms with Crippen LogP contribution in [0.1, 0.15) is 38.7 Å². The highest BCUT2D eigenvalue weighted by Crippen LogP contribution is 2.21. The summed E-state index contributed by atoms with van der Waals surface area (Å²) in [6.45, 7) is 6.33. The molecule has 0 aliphatic rings. The van der Waals surface area contributed by atoms with Crippen LogP contribution in [-0.4, -0.2) is 18.0 Å². The normalized spacial score (nSPS) is 13.2. The van der Waals surface area contributed by atoms with Crippen LogP contribution in [0.15, 0.2) is 24.3 Å². The fourth-order valence-corrected chi connectivity index (χ4v) is 1.89. The smallest absolute Gasteiger partial charge is 0.221 e. The van der Waals surface area contributed by atoms with Gasteiger partial charge in [-0.15, -0.1) is 0 Å². The Labute approximate surface area is 114 Å². The first-order valence-electron chi connectivity index (χ1n) is 6.08. The third-order valence-corrected chi connectivity index (χ3v) is 2.82. The Morgan fingerprint density at radius 3 is 2.33 bits per heavy atom. The van der Waals surface area contributed by atoms with Gasteiger partial charge in [-0.05, 0) is 45.0 Å². The number of carbonyl (C=O) groups is 1. The number of halogens is 1. The Morgan fingerprint density at radius 1 is 1.33 bits per heavy atom. The molecule has 0 heterocycles. The van der Waals surface area contributed by atoms with Crippen LogP contribution in [0, 0.1) is 0 Å². The second-order valence-electron chi connectivity index (χ2n) is 5.49. The third kappa shape index (κ3) is 5.07. The number of nitrogens with one attached hydrogen (secondary N) is 1. The Morgan fingerprint density at radius 2 is 1.89 bits per heavy atom. The lowest BCUT2D eigenvalue weighted by molar-refractivity contribution is -0.122. The fraction of sp³-hybridized carbons (Fsp3) is 0.500. The van der Waals surface area contributed by atoms with Gasteiger partial charge in [0.05, 0.1) is 0 Å². The molecule has 0 spiro atoms. The van der Waals surface area contributed by atoms with E-state index in [1.165, 1.54) is 0 Å². The van der Waals surface area contributed by atoms with Crippen molar-refractivity contribution < 1.29 is 4.79 Å². The van der Waals surface area contributed by atoms with Crippen LogP contribution in [0.5, 0.6) is 0 Å². The van der Waals surface area contributed by atoms with Crippen LogP contribution in [0.4, 0.5) is 0 Å². The minimum Gasteiger partial charge on any atom is -0.351 e. The van der Waals surface area contributed by atoms with E-state index in [1.807, 2.05) is 45.0 Å². The highest BCUT2D eigenvalue weighted by Gasteiger charge is 2.18. The van der Waals surface area contributed by atoms with Crippen molar-refractivity contribution in [3.63, 3.8) is 0 Å². The van der Waals surface area contributed by atoms with Gasteiger partial charge in [-0.25, -0.2) is 0 Å². The molecule has 1 aromatic rings. The summed E-state index contributed by atoms with van der Waals surface area (Å²) in [7, 11) is 0. The minimum absolute atomic E-state index is 0.0212. The molecule has 0 saturated heterocycles. The Bertz CT molecular complexity index is 395. The number of rotatable bonds is 4. The average Bonchev–Trinajstić information content (AvgIpc) is 2.25. The van der Waals surface area contributed by atoms with Crippen LogP contribution in [0.25, 0.3) is 0 Å². The molecular formula is C14H21ClN2O. The molecule has 4 heteroatoms. The van der Waals surface area contributed by atoms with Gasteiger partial charge < -0.3 is 11.1 Å². The molecule has 18 heavy (non-hydrogen) atoms. The highest BCUT2D eigenvalue weighted by atomic mass is 35.5. The molecule has 0 aliphatic carbocycles. The molecule has 3 N–H and O–H groups in total. The molecule has 3 nitrogen and oxygen atoms in total. The van der Waals surface area contributed by atoms with E-state index in [9.17, 15) is 4.79 Å². The number of nitrogens with two attached hydrogens (primary N) is 1. The predicted octanol–water partition coefficient (Wildman–Crippen LogP) is 2.69. The standard InChI is InChI=1S/C14H21ClN2O/c1-14(2,3)17-13(18)8-11(9-16)10-4-6-12(15)7-5-10/h4-7,11H,8-9,16H2,1-3H3,(H,17,18). The highest BCUT2D eigenvalue weighted by molar-refractivity contribution is 6.30. The molecule has 100 valence electrons. The van der Waals surface area contributed by atoms with Crippen LogP contribution in [-0.2, 0) is 4.79 Å². The summed E-state index contributed by atoms with van der Waals surface area (Å²) in [4.78, 5) is 11.9. The zero-order valence-electron chi connectivity index (χ0n) is 11.2. The fourth-order valence-electron chi connectivity index (χ4n) is 1.77. The molecule has 0 bridgehead atoms. The quantitative estimate of drug-likeness (QED) is 0.882. The Kier molecular flexibility index (Phi) is 5.17. The first-order valence-corrected chi connectivity index (χ1v) is 6.46.